The van der Waals surface area contributed by atoms with Crippen LogP contribution in [0, 0.1) is 11.7 Å². The minimum absolute atomic E-state index is 0.00443. The number of carbonyl (C=O) groups excluding carboxylic acids is 2. The van der Waals surface area contributed by atoms with Crippen molar-refractivity contribution in [1.29, 1.82) is 0 Å². The van der Waals surface area contributed by atoms with Crippen LogP contribution >= 0.6 is 11.6 Å². The molecule has 1 heterocycles. The van der Waals surface area contributed by atoms with Gasteiger partial charge in [0.15, 0.2) is 5.82 Å². The van der Waals surface area contributed by atoms with Gasteiger partial charge in [-0.15, -0.1) is 0 Å². The van der Waals surface area contributed by atoms with Crippen LogP contribution in [0.25, 0.3) is 0 Å². The van der Waals surface area contributed by atoms with E-state index in [0.29, 0.717) is 11.4 Å². The molecule has 130 valence electrons. The number of hydrogen-bond donors (Lipinski definition) is 1. The maximum atomic E-state index is 13.9. The van der Waals surface area contributed by atoms with Gasteiger partial charge in [0, 0.05) is 24.7 Å². The molecule has 1 saturated heterocycles. The number of amides is 2. The molecule has 2 aromatic carbocycles. The average molecular weight is 363 g/mol. The maximum Gasteiger partial charge on any atom is 0.229 e. The Bertz CT molecular complexity index is 828. The number of ether oxygens (including phenoxy) is 1. The minimum atomic E-state index is -0.688. The van der Waals surface area contributed by atoms with Crippen molar-refractivity contribution in [2.45, 2.75) is 6.42 Å². The van der Waals surface area contributed by atoms with E-state index in [1.807, 2.05) is 0 Å². The molecular formula is C18H16ClFN2O3. The van der Waals surface area contributed by atoms with Crippen molar-refractivity contribution in [3.05, 3.63) is 53.3 Å². The van der Waals surface area contributed by atoms with Gasteiger partial charge in [-0.3, -0.25) is 9.59 Å². The van der Waals surface area contributed by atoms with E-state index in [4.69, 9.17) is 16.3 Å². The van der Waals surface area contributed by atoms with Gasteiger partial charge in [0.2, 0.25) is 11.8 Å². The summed E-state index contributed by atoms with van der Waals surface area (Å²) in [6, 6.07) is 11.4. The Kier molecular flexibility index (Phi) is 4.90. The van der Waals surface area contributed by atoms with Gasteiger partial charge in [-0.05, 0) is 24.3 Å². The Morgan fingerprint density at radius 1 is 1.32 bits per heavy atom. The van der Waals surface area contributed by atoms with Crippen LogP contribution in [0.1, 0.15) is 6.42 Å². The van der Waals surface area contributed by atoms with E-state index in [2.05, 4.69) is 5.32 Å². The lowest BCUT2D eigenvalue weighted by Gasteiger charge is -2.17. The first-order valence-corrected chi connectivity index (χ1v) is 8.06. The minimum Gasteiger partial charge on any atom is -0.497 e. The molecule has 1 atom stereocenters. The number of halogens is 2. The fraction of sp³-hybridized carbons (Fsp3) is 0.222. The van der Waals surface area contributed by atoms with Crippen LogP contribution in [0.2, 0.25) is 5.02 Å². The first kappa shape index (κ1) is 17.2. The Balaban J connectivity index is 1.73. The maximum absolute atomic E-state index is 13.9. The van der Waals surface area contributed by atoms with Crippen molar-refractivity contribution in [3.8, 4) is 5.75 Å². The first-order chi connectivity index (χ1) is 12.0. The second-order valence-electron chi connectivity index (χ2n) is 5.70. The molecule has 2 amide bonds. The SMILES string of the molecule is COc1cccc(N2CC(C(=O)Nc3cccc(Cl)c3F)CC2=O)c1. The van der Waals surface area contributed by atoms with Gasteiger partial charge in [-0.25, -0.2) is 4.39 Å². The van der Waals surface area contributed by atoms with Crippen LogP contribution in [0.3, 0.4) is 0 Å². The Hall–Kier alpha value is -2.60. The molecule has 1 fully saturated rings. The van der Waals surface area contributed by atoms with E-state index in [1.54, 1.807) is 37.4 Å². The number of rotatable bonds is 4. The molecule has 1 N–H and O–H groups in total. The van der Waals surface area contributed by atoms with E-state index in [0.717, 1.165) is 0 Å². The Morgan fingerprint density at radius 2 is 2.08 bits per heavy atom. The number of hydrogen-bond acceptors (Lipinski definition) is 3. The zero-order chi connectivity index (χ0) is 18.0. The van der Waals surface area contributed by atoms with Gasteiger partial charge < -0.3 is 15.0 Å². The molecule has 0 saturated carbocycles. The summed E-state index contributed by atoms with van der Waals surface area (Å²) in [4.78, 5) is 26.2. The molecule has 0 aromatic heterocycles. The molecule has 1 aliphatic heterocycles. The third-order valence-electron chi connectivity index (χ3n) is 4.07. The molecular weight excluding hydrogens is 347 g/mol. The smallest absolute Gasteiger partial charge is 0.229 e. The highest BCUT2D eigenvalue weighted by molar-refractivity contribution is 6.31. The van der Waals surface area contributed by atoms with Gasteiger partial charge >= 0.3 is 0 Å². The zero-order valence-electron chi connectivity index (χ0n) is 13.5. The van der Waals surface area contributed by atoms with E-state index >= 15 is 0 Å². The number of benzene rings is 2. The highest BCUT2D eigenvalue weighted by atomic mass is 35.5. The molecule has 5 nitrogen and oxygen atoms in total. The molecule has 1 aliphatic rings. The lowest BCUT2D eigenvalue weighted by atomic mass is 10.1. The van der Waals surface area contributed by atoms with Crippen LogP contribution in [0.15, 0.2) is 42.5 Å². The summed E-state index contributed by atoms with van der Waals surface area (Å²) in [6.45, 7) is 0.222. The zero-order valence-corrected chi connectivity index (χ0v) is 14.2. The van der Waals surface area contributed by atoms with Crippen molar-refractivity contribution in [3.63, 3.8) is 0 Å². The number of carbonyl (C=O) groups is 2. The summed E-state index contributed by atoms with van der Waals surface area (Å²) in [6.07, 6.45) is 0.0607. The van der Waals surface area contributed by atoms with E-state index in [-0.39, 0.29) is 29.6 Å². The van der Waals surface area contributed by atoms with Gasteiger partial charge in [0.1, 0.15) is 5.75 Å². The lowest BCUT2D eigenvalue weighted by molar-refractivity contribution is -0.122. The van der Waals surface area contributed by atoms with Gasteiger partial charge in [0.05, 0.1) is 23.7 Å². The molecule has 0 radical (unpaired) electrons. The van der Waals surface area contributed by atoms with Crippen molar-refractivity contribution >= 4 is 34.8 Å². The fourth-order valence-corrected chi connectivity index (χ4v) is 2.92. The first-order valence-electron chi connectivity index (χ1n) is 7.69. The number of methoxy groups -OCH3 is 1. The lowest BCUT2D eigenvalue weighted by Crippen LogP contribution is -2.28. The van der Waals surface area contributed by atoms with Crippen LogP contribution in [0.4, 0.5) is 15.8 Å². The standard InChI is InChI=1S/C18H16ClFN2O3/c1-25-13-5-2-4-12(9-13)22-10-11(8-16(22)23)18(24)21-15-7-3-6-14(19)17(15)20/h2-7,9,11H,8,10H2,1H3,(H,21,24). The Labute approximate surface area is 149 Å². The highest BCUT2D eigenvalue weighted by Crippen LogP contribution is 2.29. The van der Waals surface area contributed by atoms with Gasteiger partial charge in [0.25, 0.3) is 0 Å². The van der Waals surface area contributed by atoms with E-state index in [1.165, 1.54) is 17.0 Å². The average Bonchev–Trinajstić information content (AvgIpc) is 3.01. The molecule has 1 unspecified atom stereocenters. The van der Waals surface area contributed by atoms with Gasteiger partial charge in [-0.1, -0.05) is 23.7 Å². The van der Waals surface area contributed by atoms with E-state index in [9.17, 15) is 14.0 Å². The van der Waals surface area contributed by atoms with Crippen molar-refractivity contribution in [1.82, 2.24) is 0 Å². The van der Waals surface area contributed by atoms with Crippen molar-refractivity contribution in [2.24, 2.45) is 5.92 Å². The monoisotopic (exact) mass is 362 g/mol. The van der Waals surface area contributed by atoms with E-state index < -0.39 is 17.6 Å². The van der Waals surface area contributed by atoms with Gasteiger partial charge in [-0.2, -0.15) is 0 Å². The van der Waals surface area contributed by atoms with Crippen LogP contribution in [-0.2, 0) is 9.59 Å². The highest BCUT2D eigenvalue weighted by Gasteiger charge is 2.35. The molecule has 2 aromatic rings. The molecule has 0 spiro atoms. The third-order valence-corrected chi connectivity index (χ3v) is 4.36. The second kappa shape index (κ2) is 7.11. The number of anilines is 2. The summed E-state index contributed by atoms with van der Waals surface area (Å²) in [5.41, 5.74) is 0.665. The summed E-state index contributed by atoms with van der Waals surface area (Å²) in [7, 11) is 1.54. The predicted octanol–water partition coefficient (Wildman–Crippen LogP) is 3.48. The van der Waals surface area contributed by atoms with Crippen LogP contribution < -0.4 is 15.0 Å². The third kappa shape index (κ3) is 3.58. The van der Waals surface area contributed by atoms with Crippen molar-refractivity contribution in [2.75, 3.05) is 23.9 Å². The number of nitrogens with zero attached hydrogens (tertiary/aromatic N) is 1. The van der Waals surface area contributed by atoms with Crippen molar-refractivity contribution < 1.29 is 18.7 Å². The molecule has 0 aliphatic carbocycles. The van der Waals surface area contributed by atoms with Crippen LogP contribution in [0.5, 0.6) is 5.75 Å². The predicted molar refractivity (Wildman–Crippen MR) is 93.5 cm³/mol. The summed E-state index contributed by atoms with van der Waals surface area (Å²) in [5.74, 6) is -1.22. The van der Waals surface area contributed by atoms with Crippen LogP contribution in [-0.4, -0.2) is 25.5 Å². The summed E-state index contributed by atoms with van der Waals surface area (Å²) in [5, 5.41) is 2.44. The molecule has 0 bridgehead atoms. The summed E-state index contributed by atoms with van der Waals surface area (Å²) < 4.78 is 19.1. The summed E-state index contributed by atoms with van der Waals surface area (Å²) >= 11 is 5.71. The fourth-order valence-electron chi connectivity index (χ4n) is 2.75. The second-order valence-corrected chi connectivity index (χ2v) is 6.10. The topological polar surface area (TPSA) is 58.6 Å². The normalized spacial score (nSPS) is 16.8. The quantitative estimate of drug-likeness (QED) is 0.905. The largest absolute Gasteiger partial charge is 0.497 e. The molecule has 3 rings (SSSR count). The molecule has 7 heteroatoms. The number of nitrogens with one attached hydrogen (secondary N) is 1. The molecule has 25 heavy (non-hydrogen) atoms. The Morgan fingerprint density at radius 3 is 2.84 bits per heavy atom.